The van der Waals surface area contributed by atoms with E-state index in [0.29, 0.717) is 29.3 Å². The molecule has 8 nitrogen and oxygen atoms in total. The van der Waals surface area contributed by atoms with Crippen LogP contribution in [0.5, 0.6) is 17.4 Å². The van der Waals surface area contributed by atoms with Gasteiger partial charge in [-0.3, -0.25) is 19.3 Å². The molecule has 4 rings (SSSR count). The summed E-state index contributed by atoms with van der Waals surface area (Å²) in [5.41, 5.74) is 0.494. The van der Waals surface area contributed by atoms with E-state index in [1.165, 1.54) is 6.08 Å². The van der Waals surface area contributed by atoms with Gasteiger partial charge in [-0.05, 0) is 18.2 Å². The molecule has 0 fully saturated rings. The first kappa shape index (κ1) is 22.5. The molecular weight excluding hydrogens is 442 g/mol. The van der Waals surface area contributed by atoms with Crippen LogP contribution in [0.4, 0.5) is 5.69 Å². The number of aliphatic imine (C=N–C) groups is 1. The van der Waals surface area contributed by atoms with Crippen molar-refractivity contribution in [2.24, 2.45) is 4.99 Å². The summed E-state index contributed by atoms with van der Waals surface area (Å²) in [6, 6.07) is 13.2. The lowest BCUT2D eigenvalue weighted by molar-refractivity contribution is 0.391. The van der Waals surface area contributed by atoms with E-state index >= 15 is 0 Å². The Hall–Kier alpha value is -3.72. The fourth-order valence-corrected chi connectivity index (χ4v) is 5.01. The summed E-state index contributed by atoms with van der Waals surface area (Å²) in [5, 5.41) is 10.7. The molecule has 9 heteroatoms. The lowest BCUT2D eigenvalue weighted by Crippen LogP contribution is -2.34. The molecule has 33 heavy (non-hydrogen) atoms. The molecular formula is C24H23N3O5S. The van der Waals surface area contributed by atoms with Crippen molar-refractivity contribution in [2.45, 2.75) is 23.1 Å². The van der Waals surface area contributed by atoms with Crippen LogP contribution in [-0.4, -0.2) is 34.6 Å². The molecule has 1 aliphatic rings. The molecule has 2 aromatic carbocycles. The molecule has 0 radical (unpaired) electrons. The zero-order valence-electron chi connectivity index (χ0n) is 18.2. The number of nitrogens with one attached hydrogen (secondary N) is 1. The second kappa shape index (κ2) is 9.41. The van der Waals surface area contributed by atoms with Gasteiger partial charge in [-0.15, -0.1) is 18.3 Å². The number of para-hydroxylation sites is 1. The zero-order chi connectivity index (χ0) is 23.5. The van der Waals surface area contributed by atoms with Crippen LogP contribution in [0.2, 0.25) is 0 Å². The van der Waals surface area contributed by atoms with Crippen LogP contribution in [0.1, 0.15) is 22.8 Å². The smallest absolute Gasteiger partial charge is 0.331 e. The molecule has 0 bridgehead atoms. The second-order valence-electron chi connectivity index (χ2n) is 7.30. The van der Waals surface area contributed by atoms with Crippen molar-refractivity contribution in [1.82, 2.24) is 9.55 Å². The zero-order valence-corrected chi connectivity index (χ0v) is 19.0. The van der Waals surface area contributed by atoms with Gasteiger partial charge in [0.15, 0.2) is 0 Å². The molecule has 0 saturated carbocycles. The van der Waals surface area contributed by atoms with Crippen LogP contribution < -0.4 is 20.7 Å². The van der Waals surface area contributed by atoms with Crippen molar-refractivity contribution in [1.29, 1.82) is 0 Å². The summed E-state index contributed by atoms with van der Waals surface area (Å²) in [7, 11) is 3.17. The van der Waals surface area contributed by atoms with Crippen molar-refractivity contribution in [3.05, 3.63) is 87.1 Å². The molecule has 0 spiro atoms. The summed E-state index contributed by atoms with van der Waals surface area (Å²) in [4.78, 5) is 33.0. The number of benzene rings is 2. The number of ether oxygens (including phenoxy) is 2. The topological polar surface area (TPSA) is 106 Å². The van der Waals surface area contributed by atoms with E-state index in [2.05, 4.69) is 11.6 Å². The summed E-state index contributed by atoms with van der Waals surface area (Å²) >= 11 is 1.59. The first-order valence-corrected chi connectivity index (χ1v) is 11.1. The van der Waals surface area contributed by atoms with Gasteiger partial charge in [0, 0.05) is 34.7 Å². The van der Waals surface area contributed by atoms with Crippen LogP contribution in [0.3, 0.4) is 0 Å². The Morgan fingerprint density at radius 2 is 2.03 bits per heavy atom. The molecule has 2 N–H and O–H groups in total. The lowest BCUT2D eigenvalue weighted by atomic mass is 10.0. The highest BCUT2D eigenvalue weighted by atomic mass is 32.2. The number of nitrogens with zero attached hydrogens (tertiary/aromatic N) is 2. The number of hydrogen-bond acceptors (Lipinski definition) is 7. The molecule has 0 unspecified atom stereocenters. The number of allylic oxidation sites excluding steroid dienone is 1. The summed E-state index contributed by atoms with van der Waals surface area (Å²) in [6.45, 7) is 3.66. The normalized spacial score (nSPS) is 15.2. The molecule has 0 saturated heterocycles. The van der Waals surface area contributed by atoms with Gasteiger partial charge in [-0.1, -0.05) is 24.3 Å². The van der Waals surface area contributed by atoms with Gasteiger partial charge in [0.25, 0.3) is 5.56 Å². The predicted octanol–water partition coefficient (Wildman–Crippen LogP) is 3.80. The minimum atomic E-state index is -0.710. The van der Waals surface area contributed by atoms with Crippen LogP contribution in [0.15, 0.2) is 74.6 Å². The number of aromatic hydroxyl groups is 1. The molecule has 0 amide bonds. The van der Waals surface area contributed by atoms with Gasteiger partial charge in [0.1, 0.15) is 17.1 Å². The third-order valence-electron chi connectivity index (χ3n) is 5.33. The SMILES string of the molecule is C=CCn1c(O)c(C2=Nc3ccccc3S[C@H](c3ccc(OC)cc3OC)C2)c(=O)[nH]c1=O. The van der Waals surface area contributed by atoms with Crippen molar-refractivity contribution < 1.29 is 14.6 Å². The first-order chi connectivity index (χ1) is 16.0. The van der Waals surface area contributed by atoms with Gasteiger partial charge < -0.3 is 14.6 Å². The van der Waals surface area contributed by atoms with Crippen molar-refractivity contribution in [3.63, 3.8) is 0 Å². The van der Waals surface area contributed by atoms with Crippen LogP contribution >= 0.6 is 11.8 Å². The van der Waals surface area contributed by atoms with Crippen LogP contribution in [0.25, 0.3) is 0 Å². The highest BCUT2D eigenvalue weighted by molar-refractivity contribution is 7.99. The Morgan fingerprint density at radius 3 is 2.76 bits per heavy atom. The number of aromatic nitrogens is 2. The molecule has 1 aliphatic heterocycles. The maximum atomic E-state index is 12.8. The third-order valence-corrected chi connectivity index (χ3v) is 6.63. The molecule has 170 valence electrons. The maximum Gasteiger partial charge on any atom is 0.331 e. The van der Waals surface area contributed by atoms with Crippen molar-refractivity contribution in [3.8, 4) is 17.4 Å². The molecule has 1 aromatic heterocycles. The van der Waals surface area contributed by atoms with E-state index in [-0.39, 0.29) is 17.4 Å². The standard InChI is InChI=1S/C24H23N3O5S/c1-4-11-27-23(29)21(22(28)26-24(27)30)17-13-20(33-19-8-6-5-7-16(19)25-17)15-10-9-14(31-2)12-18(15)32-3/h4-10,12,20,29H,1,11,13H2,2-3H3,(H,26,28,30)/t20-/m0/s1. The van der Waals surface area contributed by atoms with E-state index in [1.54, 1.807) is 32.0 Å². The van der Waals surface area contributed by atoms with Gasteiger partial charge in [-0.25, -0.2) is 4.79 Å². The monoisotopic (exact) mass is 465 g/mol. The molecule has 1 atom stereocenters. The summed E-state index contributed by atoms with van der Waals surface area (Å²) in [5.74, 6) is 0.863. The predicted molar refractivity (Wildman–Crippen MR) is 129 cm³/mol. The summed E-state index contributed by atoms with van der Waals surface area (Å²) < 4.78 is 12.0. The third kappa shape index (κ3) is 4.31. The molecule has 2 heterocycles. The number of fused-ring (bicyclic) bond motifs is 1. The highest BCUT2D eigenvalue weighted by Crippen LogP contribution is 2.48. The number of hydrogen-bond donors (Lipinski definition) is 2. The van der Waals surface area contributed by atoms with Crippen molar-refractivity contribution >= 4 is 23.2 Å². The van der Waals surface area contributed by atoms with Crippen LogP contribution in [-0.2, 0) is 6.54 Å². The molecule has 0 aliphatic carbocycles. The Labute approximate surface area is 194 Å². The van der Waals surface area contributed by atoms with Gasteiger partial charge in [0.05, 0.1) is 25.6 Å². The van der Waals surface area contributed by atoms with Gasteiger partial charge >= 0.3 is 5.69 Å². The van der Waals surface area contributed by atoms with Gasteiger partial charge in [-0.2, -0.15) is 0 Å². The highest BCUT2D eigenvalue weighted by Gasteiger charge is 2.28. The second-order valence-corrected chi connectivity index (χ2v) is 8.55. The largest absolute Gasteiger partial charge is 0.497 e. The average Bonchev–Trinajstić information content (AvgIpc) is 3.00. The van der Waals surface area contributed by atoms with E-state index < -0.39 is 17.1 Å². The number of methoxy groups -OCH3 is 2. The number of rotatable bonds is 6. The Morgan fingerprint density at radius 1 is 1.24 bits per heavy atom. The molecule has 3 aromatic rings. The minimum absolute atomic E-state index is 0.0359. The number of thioether (sulfide) groups is 1. The maximum absolute atomic E-state index is 12.8. The minimum Gasteiger partial charge on any atom is -0.497 e. The van der Waals surface area contributed by atoms with Crippen molar-refractivity contribution in [2.75, 3.05) is 14.2 Å². The fourth-order valence-electron chi connectivity index (χ4n) is 3.74. The Kier molecular flexibility index (Phi) is 6.41. The Bertz CT molecular complexity index is 1360. The number of H-pyrrole nitrogens is 1. The van der Waals surface area contributed by atoms with Crippen LogP contribution in [0, 0.1) is 0 Å². The number of aromatic amines is 1. The van der Waals surface area contributed by atoms with E-state index in [9.17, 15) is 14.7 Å². The lowest BCUT2D eigenvalue weighted by Gasteiger charge is -2.20. The van der Waals surface area contributed by atoms with Gasteiger partial charge in [0.2, 0.25) is 5.88 Å². The van der Waals surface area contributed by atoms with E-state index in [4.69, 9.17) is 14.5 Å². The van der Waals surface area contributed by atoms with E-state index in [1.807, 2.05) is 36.4 Å². The Balaban J connectivity index is 1.91. The van der Waals surface area contributed by atoms with E-state index in [0.717, 1.165) is 15.0 Å². The first-order valence-electron chi connectivity index (χ1n) is 10.2. The summed E-state index contributed by atoms with van der Waals surface area (Å²) in [6.07, 6.45) is 1.78. The average molecular weight is 466 g/mol. The quantitative estimate of drug-likeness (QED) is 0.537. The fraction of sp³-hybridized carbons (Fsp3) is 0.208.